The van der Waals surface area contributed by atoms with E-state index in [2.05, 4.69) is 15.3 Å². The molecule has 0 radical (unpaired) electrons. The molecule has 2 heterocycles. The van der Waals surface area contributed by atoms with Crippen molar-refractivity contribution in [2.24, 2.45) is 0 Å². The summed E-state index contributed by atoms with van der Waals surface area (Å²) >= 11 is 5.79. The predicted molar refractivity (Wildman–Crippen MR) is 70.5 cm³/mol. The number of amides is 1. The molecule has 1 aromatic heterocycles. The summed E-state index contributed by atoms with van der Waals surface area (Å²) in [6.07, 6.45) is 4.29. The summed E-state index contributed by atoms with van der Waals surface area (Å²) in [5, 5.41) is 2.81. The van der Waals surface area contributed by atoms with Crippen molar-refractivity contribution in [3.8, 4) is 0 Å². The van der Waals surface area contributed by atoms with E-state index in [0.29, 0.717) is 11.5 Å². The molecule has 1 aliphatic rings. The second-order valence-electron chi connectivity index (χ2n) is 4.24. The largest absolute Gasteiger partial charge is 0.394 e. The number of anilines is 2. The van der Waals surface area contributed by atoms with Crippen LogP contribution in [-0.4, -0.2) is 35.5 Å². The van der Waals surface area contributed by atoms with Crippen molar-refractivity contribution in [3.05, 3.63) is 11.5 Å². The van der Waals surface area contributed by atoms with Crippen LogP contribution in [0.1, 0.15) is 19.3 Å². The normalized spacial score (nSPS) is 19.7. The first kappa shape index (κ1) is 12.9. The van der Waals surface area contributed by atoms with Crippen LogP contribution >= 0.6 is 11.6 Å². The number of nitrogens with two attached hydrogens (primary N) is 1. The molecule has 0 saturated carbocycles. The van der Waals surface area contributed by atoms with Crippen molar-refractivity contribution in [2.75, 3.05) is 24.2 Å². The van der Waals surface area contributed by atoms with Crippen LogP contribution in [0.4, 0.5) is 11.5 Å². The molecule has 0 spiro atoms. The fraction of sp³-hybridized carbons (Fsp3) is 0.545. The Morgan fingerprint density at radius 1 is 1.61 bits per heavy atom. The number of hydrogen-bond donors (Lipinski definition) is 2. The fourth-order valence-corrected chi connectivity index (χ4v) is 2.34. The Hall–Kier alpha value is -1.56. The molecule has 1 atom stereocenters. The van der Waals surface area contributed by atoms with E-state index >= 15 is 0 Å². The van der Waals surface area contributed by atoms with Crippen molar-refractivity contribution in [2.45, 2.75) is 25.3 Å². The molecule has 0 bridgehead atoms. The lowest BCUT2D eigenvalue weighted by atomic mass is 10.0. The molecule has 0 aliphatic carbocycles. The molecule has 1 aliphatic heterocycles. The third-order valence-corrected chi connectivity index (χ3v) is 3.27. The number of halogens is 1. The molecule has 2 rings (SSSR count). The average Bonchev–Trinajstić information content (AvgIpc) is 2.40. The molecular weight excluding hydrogens is 254 g/mol. The number of nitrogen functional groups attached to an aromatic ring is 1. The summed E-state index contributed by atoms with van der Waals surface area (Å²) in [4.78, 5) is 21.7. The number of carbonyl (C=O) groups is 1. The lowest BCUT2D eigenvalue weighted by Crippen LogP contribution is -2.49. The zero-order valence-corrected chi connectivity index (χ0v) is 10.9. The van der Waals surface area contributed by atoms with Crippen molar-refractivity contribution in [3.63, 3.8) is 0 Å². The molecule has 3 N–H and O–H groups in total. The van der Waals surface area contributed by atoms with Crippen LogP contribution in [0.5, 0.6) is 0 Å². The van der Waals surface area contributed by atoms with E-state index in [1.165, 1.54) is 6.20 Å². The Labute approximate surface area is 111 Å². The minimum Gasteiger partial charge on any atom is -0.394 e. The van der Waals surface area contributed by atoms with Gasteiger partial charge in [0.2, 0.25) is 11.2 Å². The second kappa shape index (κ2) is 5.39. The number of nitrogens with one attached hydrogen (secondary N) is 1. The Balaban J connectivity index is 2.33. The summed E-state index contributed by atoms with van der Waals surface area (Å²) in [5.41, 5.74) is 6.31. The maximum atomic E-state index is 11.9. The van der Waals surface area contributed by atoms with Crippen molar-refractivity contribution in [1.29, 1.82) is 0 Å². The van der Waals surface area contributed by atoms with Gasteiger partial charge in [-0.3, -0.25) is 4.79 Å². The summed E-state index contributed by atoms with van der Waals surface area (Å²) < 4.78 is 0. The number of nitrogens with zero attached hydrogens (tertiary/aromatic N) is 3. The van der Waals surface area contributed by atoms with E-state index in [4.69, 9.17) is 17.3 Å². The molecule has 1 unspecified atom stereocenters. The van der Waals surface area contributed by atoms with Crippen LogP contribution in [0.15, 0.2) is 6.20 Å². The molecule has 98 valence electrons. The van der Waals surface area contributed by atoms with Gasteiger partial charge in [0.25, 0.3) is 0 Å². The van der Waals surface area contributed by atoms with Gasteiger partial charge in [0.05, 0.1) is 11.9 Å². The van der Waals surface area contributed by atoms with Crippen LogP contribution < -0.4 is 16.0 Å². The first-order chi connectivity index (χ1) is 8.63. The van der Waals surface area contributed by atoms with Crippen LogP contribution in [0.3, 0.4) is 0 Å². The molecule has 1 fully saturated rings. The Kier molecular flexibility index (Phi) is 3.86. The quantitative estimate of drug-likeness (QED) is 0.777. The molecule has 18 heavy (non-hydrogen) atoms. The van der Waals surface area contributed by atoms with Gasteiger partial charge >= 0.3 is 0 Å². The summed E-state index contributed by atoms with van der Waals surface area (Å²) in [6.45, 7) is 0.746. The van der Waals surface area contributed by atoms with Gasteiger partial charge in [-0.2, -0.15) is 4.98 Å². The number of aromatic nitrogens is 2. The highest BCUT2D eigenvalue weighted by atomic mass is 35.5. The van der Waals surface area contributed by atoms with Crippen molar-refractivity contribution >= 4 is 29.0 Å². The zero-order chi connectivity index (χ0) is 13.1. The first-order valence-corrected chi connectivity index (χ1v) is 6.27. The molecule has 7 heteroatoms. The Bertz CT molecular complexity index is 453. The second-order valence-corrected chi connectivity index (χ2v) is 4.58. The van der Waals surface area contributed by atoms with E-state index in [-0.39, 0.29) is 17.2 Å². The molecule has 1 amide bonds. The molecular formula is C11H16ClN5O. The van der Waals surface area contributed by atoms with E-state index < -0.39 is 0 Å². The molecule has 6 nitrogen and oxygen atoms in total. The standard InChI is InChI=1S/C11H16ClN5O/c1-14-10(18)8-4-2-3-5-17(8)9-7(13)6-15-11(12)16-9/h6,8H,2-5,13H2,1H3,(H,14,18). The lowest BCUT2D eigenvalue weighted by Gasteiger charge is -2.35. The van der Waals surface area contributed by atoms with E-state index in [1.807, 2.05) is 4.90 Å². The minimum absolute atomic E-state index is 0.0242. The van der Waals surface area contributed by atoms with E-state index in [9.17, 15) is 4.79 Å². The predicted octanol–water partition coefficient (Wildman–Crippen LogP) is 0.817. The van der Waals surface area contributed by atoms with Gasteiger partial charge in [0.1, 0.15) is 6.04 Å². The number of hydrogen-bond acceptors (Lipinski definition) is 5. The highest BCUT2D eigenvalue weighted by molar-refractivity contribution is 6.28. The lowest BCUT2D eigenvalue weighted by molar-refractivity contribution is -0.122. The van der Waals surface area contributed by atoms with Gasteiger partial charge < -0.3 is 16.0 Å². The Morgan fingerprint density at radius 2 is 2.39 bits per heavy atom. The molecule has 0 aromatic carbocycles. The van der Waals surface area contributed by atoms with Crippen LogP contribution in [-0.2, 0) is 4.79 Å². The maximum Gasteiger partial charge on any atom is 0.242 e. The minimum atomic E-state index is -0.239. The van der Waals surface area contributed by atoms with Gasteiger partial charge in [0, 0.05) is 13.6 Å². The van der Waals surface area contributed by atoms with E-state index in [0.717, 1.165) is 25.8 Å². The number of likely N-dealkylation sites (N-methyl/N-ethyl adjacent to an activating group) is 1. The third kappa shape index (κ3) is 2.48. The molecule has 1 saturated heterocycles. The van der Waals surface area contributed by atoms with Crippen LogP contribution in [0, 0.1) is 0 Å². The van der Waals surface area contributed by atoms with Crippen molar-refractivity contribution < 1.29 is 4.79 Å². The maximum absolute atomic E-state index is 11.9. The SMILES string of the molecule is CNC(=O)C1CCCCN1c1nc(Cl)ncc1N. The zero-order valence-electron chi connectivity index (χ0n) is 10.2. The highest BCUT2D eigenvalue weighted by Gasteiger charge is 2.30. The number of carbonyl (C=O) groups excluding carboxylic acids is 1. The van der Waals surface area contributed by atoms with Gasteiger partial charge in [0.15, 0.2) is 5.82 Å². The monoisotopic (exact) mass is 269 g/mol. The smallest absolute Gasteiger partial charge is 0.242 e. The Morgan fingerprint density at radius 3 is 3.11 bits per heavy atom. The fourth-order valence-electron chi connectivity index (χ4n) is 2.22. The summed E-state index contributed by atoms with van der Waals surface area (Å²) in [6, 6.07) is -0.239. The number of rotatable bonds is 2. The van der Waals surface area contributed by atoms with Crippen LogP contribution in [0.2, 0.25) is 5.28 Å². The number of piperidine rings is 1. The van der Waals surface area contributed by atoms with Gasteiger partial charge in [-0.1, -0.05) is 0 Å². The van der Waals surface area contributed by atoms with Gasteiger partial charge in [-0.15, -0.1) is 0 Å². The highest BCUT2D eigenvalue weighted by Crippen LogP contribution is 2.28. The first-order valence-electron chi connectivity index (χ1n) is 5.89. The topological polar surface area (TPSA) is 84.1 Å². The van der Waals surface area contributed by atoms with Gasteiger partial charge in [-0.05, 0) is 30.9 Å². The molecule has 1 aromatic rings. The van der Waals surface area contributed by atoms with Crippen LogP contribution in [0.25, 0.3) is 0 Å². The average molecular weight is 270 g/mol. The van der Waals surface area contributed by atoms with Gasteiger partial charge in [-0.25, -0.2) is 4.98 Å². The van der Waals surface area contributed by atoms with E-state index in [1.54, 1.807) is 7.05 Å². The summed E-state index contributed by atoms with van der Waals surface area (Å²) in [7, 11) is 1.63. The third-order valence-electron chi connectivity index (χ3n) is 3.09. The van der Waals surface area contributed by atoms with Crippen molar-refractivity contribution in [1.82, 2.24) is 15.3 Å². The summed E-state index contributed by atoms with van der Waals surface area (Å²) in [5.74, 6) is 0.520.